The summed E-state index contributed by atoms with van der Waals surface area (Å²) in [5, 5.41) is 3.26. The first kappa shape index (κ1) is 13.7. The van der Waals surface area contributed by atoms with Crippen LogP contribution in [0.3, 0.4) is 0 Å². The number of hydrogen-bond donors (Lipinski definition) is 1. The quantitative estimate of drug-likeness (QED) is 0.875. The molecular formula is C18H25NO. The number of nitrogens with one attached hydrogen (secondary N) is 1. The van der Waals surface area contributed by atoms with E-state index in [1.807, 2.05) is 0 Å². The Bertz CT molecular complexity index is 462. The summed E-state index contributed by atoms with van der Waals surface area (Å²) in [6, 6.07) is 8.81. The largest absolute Gasteiger partial charge is 0.349 e. The zero-order valence-electron chi connectivity index (χ0n) is 12.2. The van der Waals surface area contributed by atoms with Crippen LogP contribution in [0.4, 0.5) is 0 Å². The first-order chi connectivity index (χ1) is 9.83. The Balaban J connectivity index is 1.54. The van der Waals surface area contributed by atoms with Gasteiger partial charge in [-0.1, -0.05) is 49.9 Å². The van der Waals surface area contributed by atoms with E-state index < -0.39 is 0 Å². The van der Waals surface area contributed by atoms with Gasteiger partial charge in [-0.15, -0.1) is 0 Å². The minimum absolute atomic E-state index is 0.246. The fourth-order valence-electron chi connectivity index (χ4n) is 3.80. The summed E-state index contributed by atoms with van der Waals surface area (Å²) < 4.78 is 0. The van der Waals surface area contributed by atoms with Gasteiger partial charge in [-0.05, 0) is 42.7 Å². The van der Waals surface area contributed by atoms with Crippen molar-refractivity contribution in [2.45, 2.75) is 63.8 Å². The van der Waals surface area contributed by atoms with Crippen LogP contribution < -0.4 is 5.32 Å². The summed E-state index contributed by atoms with van der Waals surface area (Å²) in [7, 11) is 0. The predicted octanol–water partition coefficient (Wildman–Crippen LogP) is 4.15. The highest BCUT2D eigenvalue weighted by Crippen LogP contribution is 2.31. The molecule has 1 aromatic carbocycles. The zero-order valence-corrected chi connectivity index (χ0v) is 12.2. The van der Waals surface area contributed by atoms with Crippen LogP contribution in [0, 0.1) is 5.92 Å². The molecule has 2 nitrogen and oxygen atoms in total. The predicted molar refractivity (Wildman–Crippen MR) is 81.5 cm³/mol. The second-order valence-electron chi connectivity index (χ2n) is 6.40. The van der Waals surface area contributed by atoms with Crippen LogP contribution in [0.1, 0.15) is 68.5 Å². The Morgan fingerprint density at radius 3 is 2.75 bits per heavy atom. The van der Waals surface area contributed by atoms with E-state index >= 15 is 0 Å². The molecule has 1 fully saturated rings. The normalized spacial score (nSPS) is 22.5. The third kappa shape index (κ3) is 3.23. The van der Waals surface area contributed by atoms with Gasteiger partial charge in [0.2, 0.25) is 5.91 Å². The van der Waals surface area contributed by atoms with Gasteiger partial charge in [0.05, 0.1) is 6.04 Å². The molecule has 0 unspecified atom stereocenters. The fourth-order valence-corrected chi connectivity index (χ4v) is 3.80. The van der Waals surface area contributed by atoms with Crippen molar-refractivity contribution in [2.24, 2.45) is 5.92 Å². The van der Waals surface area contributed by atoms with Crippen LogP contribution in [-0.4, -0.2) is 5.91 Å². The molecule has 3 rings (SSSR count). The molecule has 0 heterocycles. The molecule has 0 spiro atoms. The summed E-state index contributed by atoms with van der Waals surface area (Å²) >= 11 is 0. The molecule has 1 saturated carbocycles. The van der Waals surface area contributed by atoms with Crippen LogP contribution in [0.25, 0.3) is 0 Å². The van der Waals surface area contributed by atoms with Gasteiger partial charge in [-0.3, -0.25) is 4.79 Å². The Kier molecular flexibility index (Phi) is 4.39. The topological polar surface area (TPSA) is 29.1 Å². The van der Waals surface area contributed by atoms with Crippen molar-refractivity contribution < 1.29 is 4.79 Å². The molecule has 1 amide bonds. The van der Waals surface area contributed by atoms with E-state index in [0.29, 0.717) is 6.42 Å². The Labute approximate surface area is 122 Å². The maximum atomic E-state index is 12.2. The standard InChI is InChI=1S/C18H25NO/c20-18(13-12-14-6-1-2-7-14)19-17-11-5-9-15-8-3-4-10-16(15)17/h3-4,8,10,14,17H,1-2,5-7,9,11-13H2,(H,19,20)/t17-/m1/s1. The fraction of sp³-hybridized carbons (Fsp3) is 0.611. The molecule has 2 heteroatoms. The zero-order chi connectivity index (χ0) is 13.8. The Morgan fingerprint density at radius 1 is 1.10 bits per heavy atom. The van der Waals surface area contributed by atoms with Crippen molar-refractivity contribution in [3.63, 3.8) is 0 Å². The van der Waals surface area contributed by atoms with Gasteiger partial charge >= 0.3 is 0 Å². The van der Waals surface area contributed by atoms with Crippen molar-refractivity contribution in [3.05, 3.63) is 35.4 Å². The molecule has 2 aliphatic carbocycles. The molecule has 1 atom stereocenters. The first-order valence-electron chi connectivity index (χ1n) is 8.20. The highest BCUT2D eigenvalue weighted by molar-refractivity contribution is 5.76. The Hall–Kier alpha value is -1.31. The van der Waals surface area contributed by atoms with E-state index in [-0.39, 0.29) is 11.9 Å². The summed E-state index contributed by atoms with van der Waals surface area (Å²) in [5.41, 5.74) is 2.76. The van der Waals surface area contributed by atoms with Gasteiger partial charge in [-0.2, -0.15) is 0 Å². The molecule has 1 N–H and O–H groups in total. The number of hydrogen-bond acceptors (Lipinski definition) is 1. The van der Waals surface area contributed by atoms with Crippen LogP contribution in [0.15, 0.2) is 24.3 Å². The van der Waals surface area contributed by atoms with Crippen LogP contribution in [0.2, 0.25) is 0 Å². The number of benzene rings is 1. The molecule has 20 heavy (non-hydrogen) atoms. The van der Waals surface area contributed by atoms with Crippen molar-refractivity contribution in [2.75, 3.05) is 0 Å². The summed E-state index contributed by atoms with van der Waals surface area (Å²) in [4.78, 5) is 12.2. The minimum atomic E-state index is 0.246. The SMILES string of the molecule is O=C(CCC1CCCC1)N[C@@H]1CCCc2ccccc21. The molecule has 0 bridgehead atoms. The second-order valence-corrected chi connectivity index (χ2v) is 6.40. The van der Waals surface area contributed by atoms with Gasteiger partial charge in [0.1, 0.15) is 0 Å². The van der Waals surface area contributed by atoms with E-state index in [1.165, 1.54) is 43.2 Å². The molecule has 0 saturated heterocycles. The van der Waals surface area contributed by atoms with Gasteiger partial charge < -0.3 is 5.32 Å². The number of carbonyl (C=O) groups excluding carboxylic acids is 1. The van der Waals surface area contributed by atoms with Crippen LogP contribution >= 0.6 is 0 Å². The number of amides is 1. The number of fused-ring (bicyclic) bond motifs is 1. The van der Waals surface area contributed by atoms with E-state index in [1.54, 1.807) is 0 Å². The first-order valence-corrected chi connectivity index (χ1v) is 8.20. The Morgan fingerprint density at radius 2 is 1.90 bits per heavy atom. The summed E-state index contributed by atoms with van der Waals surface area (Å²) in [6.07, 6.45) is 10.6. The molecule has 2 aliphatic rings. The average Bonchev–Trinajstić information content (AvgIpc) is 2.99. The maximum absolute atomic E-state index is 12.2. The van der Waals surface area contributed by atoms with Crippen LogP contribution in [-0.2, 0) is 11.2 Å². The van der Waals surface area contributed by atoms with Crippen molar-refractivity contribution in [1.29, 1.82) is 0 Å². The lowest BCUT2D eigenvalue weighted by atomic mass is 9.87. The van der Waals surface area contributed by atoms with Crippen LogP contribution in [0.5, 0.6) is 0 Å². The third-order valence-corrected chi connectivity index (χ3v) is 4.96. The number of carbonyl (C=O) groups is 1. The van der Waals surface area contributed by atoms with Gasteiger partial charge in [0.25, 0.3) is 0 Å². The summed E-state index contributed by atoms with van der Waals surface area (Å²) in [5.74, 6) is 1.05. The van der Waals surface area contributed by atoms with Crippen molar-refractivity contribution >= 4 is 5.91 Å². The average molecular weight is 271 g/mol. The van der Waals surface area contributed by atoms with E-state index in [4.69, 9.17) is 0 Å². The van der Waals surface area contributed by atoms with E-state index in [2.05, 4.69) is 29.6 Å². The molecule has 0 aromatic heterocycles. The molecule has 0 radical (unpaired) electrons. The van der Waals surface area contributed by atoms with Gasteiger partial charge in [-0.25, -0.2) is 0 Å². The number of rotatable bonds is 4. The second kappa shape index (κ2) is 6.43. The third-order valence-electron chi connectivity index (χ3n) is 4.96. The number of aryl methyl sites for hydroxylation is 1. The van der Waals surface area contributed by atoms with E-state index in [9.17, 15) is 4.79 Å². The lowest BCUT2D eigenvalue weighted by Crippen LogP contribution is -2.31. The van der Waals surface area contributed by atoms with Crippen molar-refractivity contribution in [3.8, 4) is 0 Å². The van der Waals surface area contributed by atoms with E-state index in [0.717, 1.165) is 25.2 Å². The van der Waals surface area contributed by atoms with Gasteiger partial charge in [0, 0.05) is 6.42 Å². The lowest BCUT2D eigenvalue weighted by Gasteiger charge is -2.26. The lowest BCUT2D eigenvalue weighted by molar-refractivity contribution is -0.122. The molecule has 0 aliphatic heterocycles. The molecule has 108 valence electrons. The monoisotopic (exact) mass is 271 g/mol. The summed E-state index contributed by atoms with van der Waals surface area (Å²) in [6.45, 7) is 0. The highest BCUT2D eigenvalue weighted by atomic mass is 16.1. The van der Waals surface area contributed by atoms with Crippen molar-refractivity contribution in [1.82, 2.24) is 5.32 Å². The molecular weight excluding hydrogens is 246 g/mol. The maximum Gasteiger partial charge on any atom is 0.220 e. The highest BCUT2D eigenvalue weighted by Gasteiger charge is 2.22. The van der Waals surface area contributed by atoms with Gasteiger partial charge in [0.15, 0.2) is 0 Å². The minimum Gasteiger partial charge on any atom is -0.349 e. The molecule has 1 aromatic rings. The smallest absolute Gasteiger partial charge is 0.220 e.